The Hall–Kier alpha value is -1.89. The minimum Gasteiger partial charge on any atom is -0.373 e. The summed E-state index contributed by atoms with van der Waals surface area (Å²) >= 11 is 0. The fraction of sp³-hybridized carbons (Fsp3) is 0.688. The molecule has 1 aliphatic carbocycles. The van der Waals surface area contributed by atoms with Crippen molar-refractivity contribution in [2.75, 3.05) is 6.61 Å². The average molecular weight is 321 g/mol. The largest absolute Gasteiger partial charge is 0.373 e. The lowest BCUT2D eigenvalue weighted by Gasteiger charge is -2.32. The summed E-state index contributed by atoms with van der Waals surface area (Å²) in [6.45, 7) is 0.537. The summed E-state index contributed by atoms with van der Waals surface area (Å²) in [5, 5.41) is 2.96. The van der Waals surface area contributed by atoms with E-state index >= 15 is 0 Å². The summed E-state index contributed by atoms with van der Waals surface area (Å²) in [4.78, 5) is 37.9. The molecule has 1 aromatic rings. The molecule has 23 heavy (non-hydrogen) atoms. The number of aromatic nitrogens is 2. The first-order valence-corrected chi connectivity index (χ1v) is 8.20. The van der Waals surface area contributed by atoms with Crippen LogP contribution >= 0.6 is 0 Å². The third kappa shape index (κ3) is 3.39. The van der Waals surface area contributed by atoms with Gasteiger partial charge in [-0.25, -0.2) is 4.79 Å². The minimum atomic E-state index is -0.484. The van der Waals surface area contributed by atoms with Crippen LogP contribution in [0.4, 0.5) is 0 Å². The van der Waals surface area contributed by atoms with Crippen molar-refractivity contribution in [2.45, 2.75) is 56.6 Å². The van der Waals surface area contributed by atoms with Gasteiger partial charge in [0.25, 0.3) is 5.56 Å². The lowest BCUT2D eigenvalue weighted by Crippen LogP contribution is -2.40. The molecule has 1 atom stereocenters. The molecule has 1 saturated heterocycles. The molecule has 1 saturated carbocycles. The number of hydrogen-bond acceptors (Lipinski definition) is 4. The van der Waals surface area contributed by atoms with E-state index in [1.165, 1.54) is 32.5 Å². The highest BCUT2D eigenvalue weighted by molar-refractivity contribution is 5.78. The van der Waals surface area contributed by atoms with Crippen molar-refractivity contribution in [3.8, 4) is 0 Å². The van der Waals surface area contributed by atoms with Crippen LogP contribution in [0.1, 0.15) is 44.1 Å². The lowest BCUT2D eigenvalue weighted by molar-refractivity contribution is -0.121. The highest BCUT2D eigenvalue weighted by Gasteiger charge is 2.41. The van der Waals surface area contributed by atoms with E-state index in [9.17, 15) is 14.4 Å². The third-order valence-electron chi connectivity index (χ3n) is 4.94. The zero-order valence-corrected chi connectivity index (χ0v) is 13.4. The molecule has 1 amide bonds. The van der Waals surface area contributed by atoms with E-state index in [4.69, 9.17) is 4.74 Å². The molecule has 3 rings (SSSR count). The van der Waals surface area contributed by atoms with Gasteiger partial charge in [-0.2, -0.15) is 0 Å². The number of carbonyl (C=O) groups is 1. The molecule has 1 unspecified atom stereocenters. The first kappa shape index (κ1) is 16.0. The number of amides is 1. The Labute approximate surface area is 134 Å². The molecule has 126 valence electrons. The van der Waals surface area contributed by atoms with Crippen LogP contribution in [-0.2, 0) is 23.0 Å². The molecule has 0 bridgehead atoms. The molecule has 1 aliphatic heterocycles. The Kier molecular flexibility index (Phi) is 4.39. The summed E-state index contributed by atoms with van der Waals surface area (Å²) < 4.78 is 6.95. The molecule has 2 fully saturated rings. The minimum absolute atomic E-state index is 0.00668. The van der Waals surface area contributed by atoms with Gasteiger partial charge in [0.2, 0.25) is 5.91 Å². The van der Waals surface area contributed by atoms with Crippen molar-refractivity contribution in [3.05, 3.63) is 32.6 Å². The zero-order chi connectivity index (χ0) is 16.4. The van der Waals surface area contributed by atoms with Crippen molar-refractivity contribution in [1.29, 1.82) is 0 Å². The second-order valence-corrected chi connectivity index (χ2v) is 6.68. The average Bonchev–Trinajstić information content (AvgIpc) is 2.91. The molecule has 1 aromatic heterocycles. The van der Waals surface area contributed by atoms with Crippen LogP contribution in [0.25, 0.3) is 0 Å². The number of hydrogen-bond donors (Lipinski definition) is 2. The van der Waals surface area contributed by atoms with E-state index in [-0.39, 0.29) is 29.5 Å². The lowest BCUT2D eigenvalue weighted by atomic mass is 9.82. The number of aromatic amines is 1. The summed E-state index contributed by atoms with van der Waals surface area (Å²) in [7, 11) is 1.39. The van der Waals surface area contributed by atoms with Gasteiger partial charge < -0.3 is 15.0 Å². The van der Waals surface area contributed by atoms with Gasteiger partial charge in [0.1, 0.15) is 0 Å². The van der Waals surface area contributed by atoms with E-state index in [2.05, 4.69) is 10.3 Å². The predicted octanol–water partition coefficient (Wildman–Crippen LogP) is 0.224. The molecule has 7 heteroatoms. The Morgan fingerprint density at radius 1 is 1.39 bits per heavy atom. The van der Waals surface area contributed by atoms with E-state index in [1.54, 1.807) is 0 Å². The highest BCUT2D eigenvalue weighted by Crippen LogP contribution is 2.39. The van der Waals surface area contributed by atoms with Crippen molar-refractivity contribution < 1.29 is 9.53 Å². The van der Waals surface area contributed by atoms with Crippen LogP contribution in [0.15, 0.2) is 15.8 Å². The molecule has 0 aromatic carbocycles. The van der Waals surface area contributed by atoms with Gasteiger partial charge >= 0.3 is 5.69 Å². The van der Waals surface area contributed by atoms with Gasteiger partial charge in [0.15, 0.2) is 0 Å². The van der Waals surface area contributed by atoms with Crippen LogP contribution in [0.2, 0.25) is 0 Å². The van der Waals surface area contributed by atoms with E-state index in [0.717, 1.165) is 23.8 Å². The smallest absolute Gasteiger partial charge is 0.328 e. The van der Waals surface area contributed by atoms with Gasteiger partial charge in [-0.3, -0.25) is 14.2 Å². The SMILES string of the molecule is Cn1c(=O)[nH]cc(CC(=O)NC2COC3(CCCCC3)C2)c1=O. The van der Waals surface area contributed by atoms with E-state index in [0.29, 0.717) is 6.61 Å². The van der Waals surface area contributed by atoms with Crippen LogP contribution in [0, 0.1) is 0 Å². The van der Waals surface area contributed by atoms with Gasteiger partial charge in [-0.05, 0) is 19.3 Å². The molecular formula is C16H23N3O4. The number of H-pyrrole nitrogens is 1. The van der Waals surface area contributed by atoms with Gasteiger partial charge in [-0.1, -0.05) is 19.3 Å². The van der Waals surface area contributed by atoms with Crippen molar-refractivity contribution in [1.82, 2.24) is 14.9 Å². The van der Waals surface area contributed by atoms with Crippen molar-refractivity contribution >= 4 is 5.91 Å². The molecule has 2 aliphatic rings. The summed E-state index contributed by atoms with van der Waals surface area (Å²) in [5.74, 6) is -0.212. The molecular weight excluding hydrogens is 298 g/mol. The number of ether oxygens (including phenoxy) is 1. The van der Waals surface area contributed by atoms with Crippen molar-refractivity contribution in [3.63, 3.8) is 0 Å². The van der Waals surface area contributed by atoms with Crippen LogP contribution in [0.5, 0.6) is 0 Å². The maximum atomic E-state index is 12.2. The maximum absolute atomic E-state index is 12.2. The standard InChI is InChI=1S/C16H23N3O4/c1-19-14(21)11(9-17-15(19)22)7-13(20)18-12-8-16(23-10-12)5-3-2-4-6-16/h9,12H,2-8,10H2,1H3,(H,17,22)(H,18,20). The summed E-state index contributed by atoms with van der Waals surface area (Å²) in [6, 6.07) is 0.00668. The van der Waals surface area contributed by atoms with Crippen LogP contribution in [-0.4, -0.2) is 33.7 Å². The van der Waals surface area contributed by atoms with Crippen molar-refractivity contribution in [2.24, 2.45) is 7.05 Å². The maximum Gasteiger partial charge on any atom is 0.328 e. The van der Waals surface area contributed by atoms with E-state index in [1.807, 2.05) is 0 Å². The highest BCUT2D eigenvalue weighted by atomic mass is 16.5. The molecule has 7 nitrogen and oxygen atoms in total. The fourth-order valence-electron chi connectivity index (χ4n) is 3.67. The topological polar surface area (TPSA) is 93.2 Å². The second kappa shape index (κ2) is 6.31. The quantitative estimate of drug-likeness (QED) is 0.833. The Bertz CT molecular complexity index is 700. The molecule has 2 heterocycles. The first-order valence-electron chi connectivity index (χ1n) is 8.20. The first-order chi connectivity index (χ1) is 11.0. The summed E-state index contributed by atoms with van der Waals surface area (Å²) in [6.07, 6.45) is 7.91. The van der Waals surface area contributed by atoms with E-state index < -0.39 is 11.2 Å². The number of carbonyl (C=O) groups excluding carboxylic acids is 1. The van der Waals surface area contributed by atoms with Crippen LogP contribution < -0.4 is 16.6 Å². The monoisotopic (exact) mass is 321 g/mol. The predicted molar refractivity (Wildman–Crippen MR) is 84.3 cm³/mol. The van der Waals surface area contributed by atoms with Gasteiger partial charge in [-0.15, -0.1) is 0 Å². The fourth-order valence-corrected chi connectivity index (χ4v) is 3.67. The zero-order valence-electron chi connectivity index (χ0n) is 13.4. The third-order valence-corrected chi connectivity index (χ3v) is 4.94. The Balaban J connectivity index is 1.59. The van der Waals surface area contributed by atoms with Gasteiger partial charge in [0, 0.05) is 18.8 Å². The normalized spacial score (nSPS) is 23.1. The van der Waals surface area contributed by atoms with Crippen LogP contribution in [0.3, 0.4) is 0 Å². The number of nitrogens with one attached hydrogen (secondary N) is 2. The Morgan fingerprint density at radius 2 is 2.13 bits per heavy atom. The molecule has 1 spiro atoms. The second-order valence-electron chi connectivity index (χ2n) is 6.68. The number of rotatable bonds is 3. The Morgan fingerprint density at radius 3 is 2.87 bits per heavy atom. The molecule has 2 N–H and O–H groups in total. The number of nitrogens with zero attached hydrogens (tertiary/aromatic N) is 1. The van der Waals surface area contributed by atoms with Gasteiger partial charge in [0.05, 0.1) is 24.7 Å². The molecule has 0 radical (unpaired) electrons. The summed E-state index contributed by atoms with van der Waals surface area (Å²) in [5.41, 5.74) is -0.682.